The van der Waals surface area contributed by atoms with Gasteiger partial charge in [0.25, 0.3) is 5.91 Å². The van der Waals surface area contributed by atoms with Crippen molar-refractivity contribution in [2.75, 3.05) is 45.2 Å². The van der Waals surface area contributed by atoms with Crippen LogP contribution in [0.4, 0.5) is 5.69 Å². The van der Waals surface area contributed by atoms with Gasteiger partial charge in [0, 0.05) is 57.4 Å². The van der Waals surface area contributed by atoms with Crippen LogP contribution in [0.15, 0.2) is 24.3 Å². The summed E-state index contributed by atoms with van der Waals surface area (Å²) in [7, 11) is 3.98. The van der Waals surface area contributed by atoms with E-state index < -0.39 is 0 Å². The molecule has 5 nitrogen and oxygen atoms in total. The lowest BCUT2D eigenvalue weighted by molar-refractivity contribution is -0.136. The van der Waals surface area contributed by atoms with Crippen molar-refractivity contribution in [1.82, 2.24) is 9.80 Å². The summed E-state index contributed by atoms with van der Waals surface area (Å²) in [5.74, 6) is 0.598. The van der Waals surface area contributed by atoms with Crippen molar-refractivity contribution >= 4 is 17.5 Å². The Kier molecular flexibility index (Phi) is 6.17. The standard InChI is InChI=1S/C21H31N3O2/c1-22(2)19-11-9-18(10-12-19)21(26)24-14-6-13-23(15-16-24)20(25)17-7-4-3-5-8-17/h9-12,17H,3-8,13-16H2,1-2H3. The van der Waals surface area contributed by atoms with Gasteiger partial charge in [0.1, 0.15) is 0 Å². The lowest BCUT2D eigenvalue weighted by atomic mass is 9.88. The summed E-state index contributed by atoms with van der Waals surface area (Å²) >= 11 is 0. The second-order valence-electron chi connectivity index (χ2n) is 7.75. The molecule has 1 saturated carbocycles. The maximum Gasteiger partial charge on any atom is 0.253 e. The molecule has 1 aromatic carbocycles. The maximum absolute atomic E-state index is 12.8. The predicted molar refractivity (Wildman–Crippen MR) is 104 cm³/mol. The fourth-order valence-electron chi connectivity index (χ4n) is 4.03. The number of anilines is 1. The minimum Gasteiger partial charge on any atom is -0.378 e. The second-order valence-corrected chi connectivity index (χ2v) is 7.75. The highest BCUT2D eigenvalue weighted by Crippen LogP contribution is 2.26. The number of hydrogen-bond donors (Lipinski definition) is 0. The SMILES string of the molecule is CN(C)c1ccc(C(=O)N2CCCN(C(=O)C3CCCCC3)CC2)cc1. The van der Waals surface area contributed by atoms with E-state index in [1.807, 2.05) is 53.1 Å². The Bertz CT molecular complexity index is 621. The van der Waals surface area contributed by atoms with Gasteiger partial charge in [-0.15, -0.1) is 0 Å². The molecule has 1 heterocycles. The van der Waals surface area contributed by atoms with Crippen LogP contribution in [0.1, 0.15) is 48.9 Å². The molecule has 26 heavy (non-hydrogen) atoms. The molecule has 142 valence electrons. The number of rotatable bonds is 3. The van der Waals surface area contributed by atoms with Gasteiger partial charge >= 0.3 is 0 Å². The molecule has 0 unspecified atom stereocenters. The van der Waals surface area contributed by atoms with Crippen LogP contribution >= 0.6 is 0 Å². The van der Waals surface area contributed by atoms with Crippen molar-refractivity contribution in [3.63, 3.8) is 0 Å². The van der Waals surface area contributed by atoms with E-state index in [2.05, 4.69) is 0 Å². The zero-order valence-corrected chi connectivity index (χ0v) is 16.1. The van der Waals surface area contributed by atoms with Gasteiger partial charge in [0.15, 0.2) is 0 Å². The minimum atomic E-state index is 0.0715. The molecule has 0 radical (unpaired) electrons. The average molecular weight is 357 g/mol. The highest BCUT2D eigenvalue weighted by atomic mass is 16.2. The molecule has 0 aromatic heterocycles. The number of amides is 2. The fourth-order valence-corrected chi connectivity index (χ4v) is 4.03. The Morgan fingerprint density at radius 2 is 1.46 bits per heavy atom. The third-order valence-electron chi connectivity index (χ3n) is 5.68. The van der Waals surface area contributed by atoms with E-state index in [4.69, 9.17) is 0 Å². The first-order valence-corrected chi connectivity index (χ1v) is 9.91. The summed E-state index contributed by atoms with van der Waals surface area (Å²) in [4.78, 5) is 31.5. The van der Waals surface area contributed by atoms with E-state index in [1.165, 1.54) is 19.3 Å². The van der Waals surface area contributed by atoms with Crippen LogP contribution in [0.5, 0.6) is 0 Å². The molecule has 2 aliphatic rings. The van der Waals surface area contributed by atoms with Crippen LogP contribution in [0, 0.1) is 5.92 Å². The van der Waals surface area contributed by atoms with E-state index >= 15 is 0 Å². The first-order chi connectivity index (χ1) is 12.6. The number of carbonyl (C=O) groups is 2. The number of hydrogen-bond acceptors (Lipinski definition) is 3. The van der Waals surface area contributed by atoms with Crippen LogP contribution in [0.3, 0.4) is 0 Å². The van der Waals surface area contributed by atoms with Gasteiger partial charge in [-0.05, 0) is 43.5 Å². The highest BCUT2D eigenvalue weighted by molar-refractivity contribution is 5.94. The monoisotopic (exact) mass is 357 g/mol. The second kappa shape index (κ2) is 8.56. The predicted octanol–water partition coefficient (Wildman–Crippen LogP) is 3.01. The number of carbonyl (C=O) groups excluding carboxylic acids is 2. The van der Waals surface area contributed by atoms with Crippen LogP contribution in [0.2, 0.25) is 0 Å². The largest absolute Gasteiger partial charge is 0.378 e. The van der Waals surface area contributed by atoms with Crippen molar-refractivity contribution in [1.29, 1.82) is 0 Å². The molecule has 5 heteroatoms. The highest BCUT2D eigenvalue weighted by Gasteiger charge is 2.28. The Morgan fingerprint density at radius 3 is 2.12 bits per heavy atom. The third-order valence-corrected chi connectivity index (χ3v) is 5.68. The topological polar surface area (TPSA) is 43.9 Å². The molecular weight excluding hydrogens is 326 g/mol. The Labute approximate surface area is 156 Å². The molecule has 0 bridgehead atoms. The molecule has 1 aliphatic carbocycles. The van der Waals surface area contributed by atoms with Gasteiger partial charge in [-0.2, -0.15) is 0 Å². The van der Waals surface area contributed by atoms with Gasteiger partial charge in [0.05, 0.1) is 0 Å². The lowest BCUT2D eigenvalue weighted by Gasteiger charge is -2.28. The van der Waals surface area contributed by atoms with Crippen molar-refractivity contribution in [3.8, 4) is 0 Å². The first-order valence-electron chi connectivity index (χ1n) is 9.91. The normalized spacial score (nSPS) is 19.2. The molecular formula is C21H31N3O2. The lowest BCUT2D eigenvalue weighted by Crippen LogP contribution is -2.40. The summed E-state index contributed by atoms with van der Waals surface area (Å²) in [6.07, 6.45) is 6.56. The molecule has 2 amide bonds. The fraction of sp³-hybridized carbons (Fsp3) is 0.619. The van der Waals surface area contributed by atoms with Gasteiger partial charge in [-0.25, -0.2) is 0 Å². The smallest absolute Gasteiger partial charge is 0.253 e. The molecule has 0 atom stereocenters. The Morgan fingerprint density at radius 1 is 0.846 bits per heavy atom. The molecule has 2 fully saturated rings. The zero-order valence-electron chi connectivity index (χ0n) is 16.1. The van der Waals surface area contributed by atoms with Crippen molar-refractivity contribution < 1.29 is 9.59 Å². The summed E-state index contributed by atoms with van der Waals surface area (Å²) in [5.41, 5.74) is 1.81. The van der Waals surface area contributed by atoms with Gasteiger partial charge < -0.3 is 14.7 Å². The molecule has 1 aromatic rings. The summed E-state index contributed by atoms with van der Waals surface area (Å²) in [6, 6.07) is 7.74. The molecule has 0 spiro atoms. The summed E-state index contributed by atoms with van der Waals surface area (Å²) in [6.45, 7) is 2.80. The zero-order chi connectivity index (χ0) is 18.5. The van der Waals surface area contributed by atoms with Crippen LogP contribution < -0.4 is 4.90 Å². The molecule has 3 rings (SSSR count). The minimum absolute atomic E-state index is 0.0715. The Hall–Kier alpha value is -2.04. The number of nitrogens with zero attached hydrogens (tertiary/aromatic N) is 3. The van der Waals surface area contributed by atoms with Gasteiger partial charge in [-0.3, -0.25) is 9.59 Å². The van der Waals surface area contributed by atoms with Gasteiger partial charge in [-0.1, -0.05) is 19.3 Å². The van der Waals surface area contributed by atoms with Crippen LogP contribution in [-0.4, -0.2) is 61.9 Å². The summed E-state index contributed by atoms with van der Waals surface area (Å²) < 4.78 is 0. The Balaban J connectivity index is 1.59. The molecule has 1 aliphatic heterocycles. The van der Waals surface area contributed by atoms with E-state index in [0.29, 0.717) is 19.0 Å². The van der Waals surface area contributed by atoms with Crippen LogP contribution in [-0.2, 0) is 4.79 Å². The van der Waals surface area contributed by atoms with Crippen molar-refractivity contribution in [2.24, 2.45) is 5.92 Å². The first kappa shape index (κ1) is 18.7. The average Bonchev–Trinajstić information content (AvgIpc) is 2.94. The van der Waals surface area contributed by atoms with E-state index in [-0.39, 0.29) is 11.8 Å². The number of benzene rings is 1. The van der Waals surface area contributed by atoms with Crippen molar-refractivity contribution in [3.05, 3.63) is 29.8 Å². The quantitative estimate of drug-likeness (QED) is 0.835. The third kappa shape index (κ3) is 4.37. The molecule has 1 saturated heterocycles. The van der Waals surface area contributed by atoms with E-state index in [0.717, 1.165) is 43.6 Å². The maximum atomic E-state index is 12.8. The molecule has 0 N–H and O–H groups in total. The van der Waals surface area contributed by atoms with Gasteiger partial charge in [0.2, 0.25) is 5.91 Å². The van der Waals surface area contributed by atoms with Crippen molar-refractivity contribution in [2.45, 2.75) is 38.5 Å². The van der Waals surface area contributed by atoms with E-state index in [1.54, 1.807) is 0 Å². The van der Waals surface area contributed by atoms with Crippen LogP contribution in [0.25, 0.3) is 0 Å². The summed E-state index contributed by atoms with van der Waals surface area (Å²) in [5, 5.41) is 0. The van der Waals surface area contributed by atoms with E-state index in [9.17, 15) is 9.59 Å².